The third-order valence-electron chi connectivity index (χ3n) is 4.54. The Labute approximate surface area is 147 Å². The molecule has 0 atom stereocenters. The van der Waals surface area contributed by atoms with Crippen molar-refractivity contribution in [3.8, 4) is 11.4 Å². The SMILES string of the molecule is CC.CC(=O)c1cc2n(c(=O)c1C)Cc1cc3cc(C)ccc3nc1-2. The molecule has 0 saturated heterocycles. The summed E-state index contributed by atoms with van der Waals surface area (Å²) in [6, 6.07) is 10.0. The zero-order valence-corrected chi connectivity index (χ0v) is 15.3. The number of fused-ring (bicyclic) bond motifs is 4. The number of carbonyl (C=O) groups is 1. The number of Topliss-reactive ketones (excluding diaryl/α,β-unsaturated/α-hetero) is 1. The highest BCUT2D eigenvalue weighted by Crippen LogP contribution is 2.32. The van der Waals surface area contributed by atoms with E-state index in [-0.39, 0.29) is 11.3 Å². The maximum Gasteiger partial charge on any atom is 0.255 e. The van der Waals surface area contributed by atoms with Crippen molar-refractivity contribution in [2.75, 3.05) is 0 Å². The highest BCUT2D eigenvalue weighted by atomic mass is 16.1. The van der Waals surface area contributed by atoms with E-state index in [0.29, 0.717) is 17.7 Å². The van der Waals surface area contributed by atoms with Crippen molar-refractivity contribution in [2.24, 2.45) is 0 Å². The van der Waals surface area contributed by atoms with Crippen LogP contribution >= 0.6 is 0 Å². The summed E-state index contributed by atoms with van der Waals surface area (Å²) in [5, 5.41) is 1.08. The summed E-state index contributed by atoms with van der Waals surface area (Å²) in [5.74, 6) is -0.0899. The molecule has 25 heavy (non-hydrogen) atoms. The quantitative estimate of drug-likeness (QED) is 0.488. The van der Waals surface area contributed by atoms with E-state index >= 15 is 0 Å². The number of rotatable bonds is 1. The van der Waals surface area contributed by atoms with Gasteiger partial charge < -0.3 is 4.57 Å². The predicted molar refractivity (Wildman–Crippen MR) is 101 cm³/mol. The third-order valence-corrected chi connectivity index (χ3v) is 4.54. The second-order valence-electron chi connectivity index (χ2n) is 6.21. The lowest BCUT2D eigenvalue weighted by molar-refractivity contribution is 0.101. The molecule has 0 bridgehead atoms. The summed E-state index contributed by atoms with van der Waals surface area (Å²) >= 11 is 0. The summed E-state index contributed by atoms with van der Waals surface area (Å²) in [7, 11) is 0. The Morgan fingerprint density at radius 2 is 1.84 bits per heavy atom. The van der Waals surface area contributed by atoms with Crippen LogP contribution in [0.15, 0.2) is 35.1 Å². The van der Waals surface area contributed by atoms with E-state index in [9.17, 15) is 9.59 Å². The number of aryl methyl sites for hydroxylation is 1. The minimum Gasteiger partial charge on any atom is -0.302 e. The van der Waals surface area contributed by atoms with Crippen LogP contribution in [0.25, 0.3) is 22.3 Å². The number of benzene rings is 1. The standard InChI is InChI=1S/C19H16N2O2.C2H6/c1-10-4-5-16-13(6-10)7-14-9-21-17(18(14)20-16)8-15(12(3)22)11(2)19(21)23;1-2/h4-8H,9H2,1-3H3;1-2H3. The van der Waals surface area contributed by atoms with Crippen molar-refractivity contribution < 1.29 is 4.79 Å². The van der Waals surface area contributed by atoms with Gasteiger partial charge in [-0.25, -0.2) is 4.98 Å². The first-order chi connectivity index (χ1) is 12.0. The van der Waals surface area contributed by atoms with E-state index in [4.69, 9.17) is 4.98 Å². The molecule has 1 aromatic carbocycles. The van der Waals surface area contributed by atoms with Gasteiger partial charge in [0.05, 0.1) is 23.4 Å². The molecule has 0 saturated carbocycles. The third kappa shape index (κ3) is 2.68. The summed E-state index contributed by atoms with van der Waals surface area (Å²) in [6.07, 6.45) is 0. The lowest BCUT2D eigenvalue weighted by Gasteiger charge is -2.08. The fraction of sp³-hybridized carbons (Fsp3) is 0.286. The first-order valence-electron chi connectivity index (χ1n) is 8.62. The Morgan fingerprint density at radius 3 is 2.52 bits per heavy atom. The molecule has 0 spiro atoms. The van der Waals surface area contributed by atoms with Gasteiger partial charge in [0, 0.05) is 22.1 Å². The van der Waals surface area contributed by atoms with Gasteiger partial charge in [-0.3, -0.25) is 9.59 Å². The van der Waals surface area contributed by atoms with Crippen molar-refractivity contribution in [1.82, 2.24) is 9.55 Å². The van der Waals surface area contributed by atoms with Crippen LogP contribution in [0.4, 0.5) is 0 Å². The first kappa shape index (κ1) is 17.1. The Balaban J connectivity index is 0.000000880. The molecular formula is C21H22N2O2. The van der Waals surface area contributed by atoms with E-state index in [1.165, 1.54) is 12.5 Å². The van der Waals surface area contributed by atoms with Crippen LogP contribution < -0.4 is 5.56 Å². The Kier molecular flexibility index (Phi) is 4.29. The van der Waals surface area contributed by atoms with Crippen LogP contribution in [-0.4, -0.2) is 15.3 Å². The molecule has 0 radical (unpaired) electrons. The molecular weight excluding hydrogens is 312 g/mol. The fourth-order valence-corrected chi connectivity index (χ4v) is 3.32. The van der Waals surface area contributed by atoms with Crippen molar-refractivity contribution in [3.63, 3.8) is 0 Å². The van der Waals surface area contributed by atoms with Crippen LogP contribution in [0.3, 0.4) is 0 Å². The van der Waals surface area contributed by atoms with E-state index in [1.54, 1.807) is 17.6 Å². The number of pyridine rings is 2. The number of hydrogen-bond donors (Lipinski definition) is 0. The first-order valence-corrected chi connectivity index (χ1v) is 8.62. The normalized spacial score (nSPS) is 11.6. The van der Waals surface area contributed by atoms with Crippen LogP contribution in [0.5, 0.6) is 0 Å². The molecule has 0 unspecified atom stereocenters. The van der Waals surface area contributed by atoms with Gasteiger partial charge in [-0.15, -0.1) is 0 Å². The Morgan fingerprint density at radius 1 is 1.12 bits per heavy atom. The molecule has 4 rings (SSSR count). The van der Waals surface area contributed by atoms with E-state index in [2.05, 4.69) is 19.1 Å². The number of nitrogens with zero attached hydrogens (tertiary/aromatic N) is 2. The number of ketones is 1. The molecule has 1 aliphatic rings. The van der Waals surface area contributed by atoms with E-state index in [1.807, 2.05) is 26.0 Å². The van der Waals surface area contributed by atoms with Crippen molar-refractivity contribution in [3.05, 3.63) is 62.9 Å². The molecule has 3 heterocycles. The summed E-state index contributed by atoms with van der Waals surface area (Å²) < 4.78 is 1.71. The van der Waals surface area contributed by atoms with Crippen molar-refractivity contribution >= 4 is 16.7 Å². The van der Waals surface area contributed by atoms with Gasteiger partial charge in [0.25, 0.3) is 5.56 Å². The molecule has 3 aromatic rings. The predicted octanol–water partition coefficient (Wildman–Crippen LogP) is 4.27. The van der Waals surface area contributed by atoms with E-state index in [0.717, 1.165) is 27.9 Å². The van der Waals surface area contributed by atoms with Gasteiger partial charge in [-0.2, -0.15) is 0 Å². The van der Waals surface area contributed by atoms with Crippen LogP contribution in [0.1, 0.15) is 47.8 Å². The molecule has 0 amide bonds. The van der Waals surface area contributed by atoms with Crippen LogP contribution in [0, 0.1) is 13.8 Å². The fourth-order valence-electron chi connectivity index (χ4n) is 3.32. The minimum atomic E-state index is -0.106. The Bertz CT molecular complexity index is 1060. The minimum absolute atomic E-state index is 0.0899. The summed E-state index contributed by atoms with van der Waals surface area (Å²) in [4.78, 5) is 29.1. The number of aromatic nitrogens is 2. The zero-order valence-electron chi connectivity index (χ0n) is 15.3. The van der Waals surface area contributed by atoms with E-state index < -0.39 is 0 Å². The largest absolute Gasteiger partial charge is 0.302 e. The number of carbonyl (C=O) groups excluding carboxylic acids is 1. The lowest BCUT2D eigenvalue weighted by Crippen LogP contribution is -2.23. The zero-order chi connectivity index (χ0) is 18.3. The van der Waals surface area contributed by atoms with Crippen molar-refractivity contribution in [1.29, 1.82) is 0 Å². The highest BCUT2D eigenvalue weighted by molar-refractivity contribution is 5.96. The van der Waals surface area contributed by atoms with Crippen molar-refractivity contribution in [2.45, 2.75) is 41.2 Å². The number of hydrogen-bond acceptors (Lipinski definition) is 3. The average Bonchev–Trinajstić information content (AvgIpc) is 2.95. The Hall–Kier alpha value is -2.75. The van der Waals surface area contributed by atoms with Gasteiger partial charge in [-0.1, -0.05) is 25.5 Å². The van der Waals surface area contributed by atoms with Crippen LogP contribution in [0.2, 0.25) is 0 Å². The maximum absolute atomic E-state index is 12.6. The van der Waals surface area contributed by atoms with Crippen LogP contribution in [-0.2, 0) is 6.54 Å². The second kappa shape index (κ2) is 6.28. The lowest BCUT2D eigenvalue weighted by atomic mass is 10.0. The molecule has 4 heteroatoms. The second-order valence-corrected chi connectivity index (χ2v) is 6.21. The maximum atomic E-state index is 12.6. The van der Waals surface area contributed by atoms with Gasteiger partial charge >= 0.3 is 0 Å². The van der Waals surface area contributed by atoms with Gasteiger partial charge in [0.15, 0.2) is 5.78 Å². The summed E-state index contributed by atoms with van der Waals surface area (Å²) in [5.41, 5.74) is 5.55. The van der Waals surface area contributed by atoms with Gasteiger partial charge in [0.2, 0.25) is 0 Å². The summed E-state index contributed by atoms with van der Waals surface area (Å²) in [6.45, 7) is 9.77. The van der Waals surface area contributed by atoms with Gasteiger partial charge in [0.1, 0.15) is 0 Å². The molecule has 2 aromatic heterocycles. The molecule has 128 valence electrons. The molecule has 0 fully saturated rings. The molecule has 0 aliphatic carbocycles. The highest BCUT2D eigenvalue weighted by Gasteiger charge is 2.24. The molecule has 1 aliphatic heterocycles. The molecule has 4 nitrogen and oxygen atoms in total. The molecule has 0 N–H and O–H groups in total. The monoisotopic (exact) mass is 334 g/mol. The van der Waals surface area contributed by atoms with Gasteiger partial charge in [-0.05, 0) is 45.0 Å². The average molecular weight is 334 g/mol. The smallest absolute Gasteiger partial charge is 0.255 e. The topological polar surface area (TPSA) is 52.0 Å².